The summed E-state index contributed by atoms with van der Waals surface area (Å²) in [7, 11) is 0. The Balaban J connectivity index is 2.81. The minimum absolute atomic E-state index is 0.472. The van der Waals surface area contributed by atoms with Crippen LogP contribution in [0.1, 0.15) is 25.6 Å². The van der Waals surface area contributed by atoms with E-state index in [9.17, 15) is 4.79 Å². The number of hydrogen-bond donors (Lipinski definition) is 2. The van der Waals surface area contributed by atoms with Crippen molar-refractivity contribution in [2.45, 2.75) is 43.6 Å². The van der Waals surface area contributed by atoms with Crippen molar-refractivity contribution in [3.05, 3.63) is 5.82 Å². The Bertz CT molecular complexity index is 380. The van der Waals surface area contributed by atoms with Crippen LogP contribution in [0.2, 0.25) is 0 Å². The number of thioether (sulfide) groups is 1. The molecular formula is C10H18N4O2S. The van der Waals surface area contributed by atoms with Gasteiger partial charge in [0, 0.05) is 13.1 Å². The second kappa shape index (κ2) is 6.61. The van der Waals surface area contributed by atoms with Crippen LogP contribution in [0.3, 0.4) is 0 Å². The van der Waals surface area contributed by atoms with Gasteiger partial charge in [0.2, 0.25) is 0 Å². The number of rotatable bonds is 7. The zero-order valence-corrected chi connectivity index (χ0v) is 10.9. The molecule has 0 fully saturated rings. The summed E-state index contributed by atoms with van der Waals surface area (Å²) in [4.78, 5) is 11.1. The molecule has 1 atom stereocenters. The summed E-state index contributed by atoms with van der Waals surface area (Å²) in [6.45, 7) is 4.90. The third kappa shape index (κ3) is 3.71. The molecule has 1 heterocycles. The lowest BCUT2D eigenvalue weighted by Gasteiger charge is -2.11. The zero-order chi connectivity index (χ0) is 12.8. The van der Waals surface area contributed by atoms with Crippen LogP contribution in [0.15, 0.2) is 5.16 Å². The standard InChI is InChI=1S/C10H18N4O2S/c1-3-4-8(9(15)16)17-10-13-12-7(2)14(10)6-5-11/h8H,3-6,11H2,1-2H3,(H,15,16). The molecule has 1 aromatic heterocycles. The minimum Gasteiger partial charge on any atom is -0.480 e. The number of aromatic nitrogens is 3. The van der Waals surface area contributed by atoms with Crippen molar-refractivity contribution >= 4 is 17.7 Å². The minimum atomic E-state index is -0.809. The fourth-order valence-corrected chi connectivity index (χ4v) is 2.60. The van der Waals surface area contributed by atoms with Gasteiger partial charge in [-0.1, -0.05) is 25.1 Å². The van der Waals surface area contributed by atoms with Crippen LogP contribution in [-0.2, 0) is 11.3 Å². The number of nitrogens with zero attached hydrogens (tertiary/aromatic N) is 3. The Morgan fingerprint density at radius 3 is 2.82 bits per heavy atom. The molecule has 3 N–H and O–H groups in total. The highest BCUT2D eigenvalue weighted by molar-refractivity contribution is 8.00. The van der Waals surface area contributed by atoms with Crippen molar-refractivity contribution in [3.8, 4) is 0 Å². The van der Waals surface area contributed by atoms with E-state index in [1.165, 1.54) is 11.8 Å². The number of carboxylic acids is 1. The summed E-state index contributed by atoms with van der Waals surface area (Å²) in [6, 6.07) is 0. The molecule has 0 radical (unpaired) electrons. The summed E-state index contributed by atoms with van der Waals surface area (Å²) in [5, 5.41) is 17.2. The molecular weight excluding hydrogens is 240 g/mol. The fraction of sp³-hybridized carbons (Fsp3) is 0.700. The molecule has 1 unspecified atom stereocenters. The number of hydrogen-bond acceptors (Lipinski definition) is 5. The largest absolute Gasteiger partial charge is 0.480 e. The average molecular weight is 258 g/mol. The SMILES string of the molecule is CCCC(Sc1nnc(C)n1CCN)C(=O)O. The van der Waals surface area contributed by atoms with E-state index in [0.717, 1.165) is 12.2 Å². The quantitative estimate of drug-likeness (QED) is 0.705. The lowest BCUT2D eigenvalue weighted by molar-refractivity contribution is -0.136. The molecule has 0 saturated carbocycles. The molecule has 0 spiro atoms. The maximum absolute atomic E-state index is 11.1. The highest BCUT2D eigenvalue weighted by Gasteiger charge is 2.21. The first kappa shape index (κ1) is 14.0. The summed E-state index contributed by atoms with van der Waals surface area (Å²) < 4.78 is 1.86. The van der Waals surface area contributed by atoms with Gasteiger partial charge in [-0.3, -0.25) is 4.79 Å². The normalized spacial score (nSPS) is 12.6. The Morgan fingerprint density at radius 1 is 1.59 bits per heavy atom. The van der Waals surface area contributed by atoms with E-state index < -0.39 is 11.2 Å². The number of aliphatic carboxylic acids is 1. The van der Waals surface area contributed by atoms with Gasteiger partial charge in [-0.15, -0.1) is 10.2 Å². The van der Waals surface area contributed by atoms with Crippen molar-refractivity contribution in [1.29, 1.82) is 0 Å². The van der Waals surface area contributed by atoms with E-state index in [2.05, 4.69) is 10.2 Å². The van der Waals surface area contributed by atoms with Crippen LogP contribution in [-0.4, -0.2) is 37.6 Å². The van der Waals surface area contributed by atoms with E-state index in [0.29, 0.717) is 24.7 Å². The van der Waals surface area contributed by atoms with Crippen molar-refractivity contribution in [3.63, 3.8) is 0 Å². The van der Waals surface area contributed by atoms with Gasteiger partial charge in [0.1, 0.15) is 11.1 Å². The van der Waals surface area contributed by atoms with E-state index in [1.807, 2.05) is 18.4 Å². The number of carboxylic acid groups (broad SMARTS) is 1. The lowest BCUT2D eigenvalue weighted by Crippen LogP contribution is -2.18. The van der Waals surface area contributed by atoms with Crippen LogP contribution in [0, 0.1) is 6.92 Å². The van der Waals surface area contributed by atoms with E-state index >= 15 is 0 Å². The van der Waals surface area contributed by atoms with Crippen LogP contribution in [0.4, 0.5) is 0 Å². The van der Waals surface area contributed by atoms with Crippen molar-refractivity contribution < 1.29 is 9.90 Å². The number of carbonyl (C=O) groups is 1. The maximum Gasteiger partial charge on any atom is 0.317 e. The van der Waals surface area contributed by atoms with Gasteiger partial charge in [0.25, 0.3) is 0 Å². The average Bonchev–Trinajstić information content (AvgIpc) is 2.61. The monoisotopic (exact) mass is 258 g/mol. The zero-order valence-electron chi connectivity index (χ0n) is 10.1. The molecule has 0 aliphatic carbocycles. The summed E-state index contributed by atoms with van der Waals surface area (Å²) >= 11 is 1.24. The maximum atomic E-state index is 11.1. The summed E-state index contributed by atoms with van der Waals surface area (Å²) in [5.41, 5.74) is 5.50. The second-order valence-electron chi connectivity index (χ2n) is 3.70. The van der Waals surface area contributed by atoms with Crippen LogP contribution in [0.25, 0.3) is 0 Å². The van der Waals surface area contributed by atoms with Crippen LogP contribution in [0.5, 0.6) is 0 Å². The first-order valence-corrected chi connectivity index (χ1v) is 6.47. The Labute approximate surface area is 105 Å². The number of aryl methyl sites for hydroxylation is 1. The number of nitrogens with two attached hydrogens (primary N) is 1. The molecule has 17 heavy (non-hydrogen) atoms. The highest BCUT2D eigenvalue weighted by atomic mass is 32.2. The fourth-order valence-electron chi connectivity index (χ4n) is 1.46. The van der Waals surface area contributed by atoms with Crippen molar-refractivity contribution in [2.75, 3.05) is 6.54 Å². The molecule has 0 bridgehead atoms. The van der Waals surface area contributed by atoms with Crippen LogP contribution >= 0.6 is 11.8 Å². The molecule has 96 valence electrons. The van der Waals surface area contributed by atoms with Crippen molar-refractivity contribution in [1.82, 2.24) is 14.8 Å². The van der Waals surface area contributed by atoms with Gasteiger partial charge in [-0.05, 0) is 13.3 Å². The first-order valence-electron chi connectivity index (χ1n) is 5.59. The molecule has 0 aromatic carbocycles. The molecule has 0 amide bonds. The second-order valence-corrected chi connectivity index (χ2v) is 4.87. The Morgan fingerprint density at radius 2 is 2.29 bits per heavy atom. The van der Waals surface area contributed by atoms with Gasteiger partial charge >= 0.3 is 5.97 Å². The third-order valence-electron chi connectivity index (χ3n) is 2.33. The molecule has 0 aliphatic rings. The summed E-state index contributed by atoms with van der Waals surface area (Å²) in [6.07, 6.45) is 1.45. The molecule has 1 rings (SSSR count). The Hall–Kier alpha value is -1.08. The van der Waals surface area contributed by atoms with Gasteiger partial charge < -0.3 is 15.4 Å². The predicted molar refractivity (Wildman–Crippen MR) is 66.0 cm³/mol. The molecule has 0 saturated heterocycles. The topological polar surface area (TPSA) is 94.0 Å². The van der Waals surface area contributed by atoms with Gasteiger partial charge in [-0.2, -0.15) is 0 Å². The first-order chi connectivity index (χ1) is 8.10. The van der Waals surface area contributed by atoms with Gasteiger partial charge in [0.15, 0.2) is 5.16 Å². The summed E-state index contributed by atoms with van der Waals surface area (Å²) in [5.74, 6) is -0.0459. The van der Waals surface area contributed by atoms with E-state index in [-0.39, 0.29) is 0 Å². The Kier molecular flexibility index (Phi) is 5.43. The third-order valence-corrected chi connectivity index (χ3v) is 3.56. The predicted octanol–water partition coefficient (Wildman–Crippen LogP) is 0.891. The van der Waals surface area contributed by atoms with E-state index in [1.54, 1.807) is 0 Å². The van der Waals surface area contributed by atoms with Crippen LogP contribution < -0.4 is 5.73 Å². The smallest absolute Gasteiger partial charge is 0.317 e. The molecule has 6 nitrogen and oxygen atoms in total. The lowest BCUT2D eigenvalue weighted by atomic mass is 10.2. The van der Waals surface area contributed by atoms with Gasteiger partial charge in [0.05, 0.1) is 0 Å². The highest BCUT2D eigenvalue weighted by Crippen LogP contribution is 2.25. The molecule has 0 aliphatic heterocycles. The van der Waals surface area contributed by atoms with Crippen molar-refractivity contribution in [2.24, 2.45) is 5.73 Å². The molecule has 7 heteroatoms. The van der Waals surface area contributed by atoms with Gasteiger partial charge in [-0.25, -0.2) is 0 Å². The molecule has 1 aromatic rings. The van der Waals surface area contributed by atoms with E-state index in [4.69, 9.17) is 10.8 Å².